The number of rotatable bonds is 0. The third-order valence-corrected chi connectivity index (χ3v) is 2.18. The monoisotopic (exact) mass is 140 g/mol. The predicted molar refractivity (Wildman–Crippen MR) is 32.4 cm³/mol. The first kappa shape index (κ1) is 5.29. The Morgan fingerprint density at radius 2 is 2.40 bits per heavy atom. The summed E-state index contributed by atoms with van der Waals surface area (Å²) < 4.78 is 16.0. The van der Waals surface area contributed by atoms with Crippen LogP contribution >= 0.6 is 0 Å². The van der Waals surface area contributed by atoms with Crippen LogP contribution < -0.4 is 0 Å². The van der Waals surface area contributed by atoms with E-state index < -0.39 is 0 Å². The third kappa shape index (κ3) is 0.509. The molecular weight excluding hydrogens is 132 g/mol. The van der Waals surface area contributed by atoms with Gasteiger partial charge in [-0.15, -0.1) is 0 Å². The van der Waals surface area contributed by atoms with Crippen molar-refractivity contribution in [1.82, 2.24) is 0 Å². The molecule has 2 saturated heterocycles. The summed E-state index contributed by atoms with van der Waals surface area (Å²) in [6, 6.07) is 0. The van der Waals surface area contributed by atoms with Crippen molar-refractivity contribution in [1.29, 1.82) is 0 Å². The topological polar surface area (TPSA) is 31.0 Å². The molecule has 1 spiro atoms. The van der Waals surface area contributed by atoms with Crippen LogP contribution in [0.3, 0.4) is 0 Å². The molecule has 3 nitrogen and oxygen atoms in total. The van der Waals surface area contributed by atoms with Crippen LogP contribution in [0.15, 0.2) is 12.2 Å². The van der Waals surface area contributed by atoms with Crippen LogP contribution in [-0.2, 0) is 14.2 Å². The number of hydrogen-bond acceptors (Lipinski definition) is 3. The Bertz CT molecular complexity index is 195. The molecule has 2 bridgehead atoms. The number of fused-ring (bicyclic) bond motifs is 3. The summed E-state index contributed by atoms with van der Waals surface area (Å²) in [6.07, 6.45) is 4.15. The second kappa shape index (κ2) is 1.44. The molecule has 0 aliphatic carbocycles. The summed E-state index contributed by atoms with van der Waals surface area (Å²) in [4.78, 5) is 0. The molecule has 3 rings (SSSR count). The maximum atomic E-state index is 5.44. The van der Waals surface area contributed by atoms with Crippen LogP contribution in [-0.4, -0.2) is 31.2 Å². The van der Waals surface area contributed by atoms with Gasteiger partial charge in [-0.25, -0.2) is 0 Å². The van der Waals surface area contributed by atoms with Gasteiger partial charge in [-0.3, -0.25) is 0 Å². The molecule has 3 heteroatoms. The lowest BCUT2D eigenvalue weighted by atomic mass is 10.1. The van der Waals surface area contributed by atoms with Crippen molar-refractivity contribution >= 4 is 0 Å². The molecule has 0 saturated carbocycles. The van der Waals surface area contributed by atoms with Crippen LogP contribution in [0, 0.1) is 0 Å². The standard InChI is InChI=1S/C7H8O3/c1-2-7(4-9-7)6-8-3-5(1)10-6/h1-2,5-6H,3-4H2/t5-,6+,7?/m0/s1. The SMILES string of the molecule is C1=CC2(CO2)[C@@H]2OC[C@H]1O2. The summed E-state index contributed by atoms with van der Waals surface area (Å²) in [5.41, 5.74) is -0.187. The van der Waals surface area contributed by atoms with E-state index in [1.807, 2.05) is 6.08 Å². The first-order chi connectivity index (χ1) is 4.89. The average molecular weight is 140 g/mol. The summed E-state index contributed by atoms with van der Waals surface area (Å²) in [7, 11) is 0. The van der Waals surface area contributed by atoms with Crippen molar-refractivity contribution in [2.45, 2.75) is 18.0 Å². The Balaban J connectivity index is 2.00. The average Bonchev–Trinajstić information content (AvgIpc) is 2.63. The van der Waals surface area contributed by atoms with Gasteiger partial charge in [0.15, 0.2) is 11.9 Å². The zero-order chi connectivity index (χ0) is 6.60. The summed E-state index contributed by atoms with van der Waals surface area (Å²) in [5.74, 6) is 0. The largest absolute Gasteiger partial charge is 0.360 e. The molecule has 0 radical (unpaired) electrons. The van der Waals surface area contributed by atoms with Crippen molar-refractivity contribution in [3.63, 3.8) is 0 Å². The third-order valence-electron chi connectivity index (χ3n) is 2.18. The zero-order valence-corrected chi connectivity index (χ0v) is 5.45. The Labute approximate surface area is 58.6 Å². The fourth-order valence-corrected chi connectivity index (χ4v) is 1.44. The Morgan fingerprint density at radius 3 is 3.20 bits per heavy atom. The molecule has 0 N–H and O–H groups in total. The van der Waals surface area contributed by atoms with E-state index in [2.05, 4.69) is 6.08 Å². The lowest BCUT2D eigenvalue weighted by molar-refractivity contribution is -0.0940. The summed E-state index contributed by atoms with van der Waals surface area (Å²) in [6.45, 7) is 1.44. The maximum Gasteiger partial charge on any atom is 0.193 e. The molecule has 3 heterocycles. The fourth-order valence-electron chi connectivity index (χ4n) is 1.44. The molecule has 3 aliphatic rings. The van der Waals surface area contributed by atoms with E-state index in [1.165, 1.54) is 0 Å². The van der Waals surface area contributed by atoms with Crippen LogP contribution in [0.25, 0.3) is 0 Å². The van der Waals surface area contributed by atoms with Crippen LogP contribution in [0.4, 0.5) is 0 Å². The van der Waals surface area contributed by atoms with Gasteiger partial charge >= 0.3 is 0 Å². The highest BCUT2D eigenvalue weighted by Crippen LogP contribution is 2.41. The van der Waals surface area contributed by atoms with Crippen LogP contribution in [0.2, 0.25) is 0 Å². The second-order valence-electron chi connectivity index (χ2n) is 2.94. The highest BCUT2D eigenvalue weighted by atomic mass is 16.8. The van der Waals surface area contributed by atoms with Gasteiger partial charge in [0.1, 0.15) is 6.10 Å². The van der Waals surface area contributed by atoms with Crippen molar-refractivity contribution in [3.8, 4) is 0 Å². The Morgan fingerprint density at radius 1 is 1.50 bits per heavy atom. The van der Waals surface area contributed by atoms with Gasteiger partial charge in [0.05, 0.1) is 13.2 Å². The Hall–Kier alpha value is -0.380. The summed E-state index contributed by atoms with van der Waals surface area (Å²) in [5, 5.41) is 0. The zero-order valence-electron chi connectivity index (χ0n) is 5.45. The van der Waals surface area contributed by atoms with Crippen molar-refractivity contribution in [2.24, 2.45) is 0 Å². The Kier molecular flexibility index (Phi) is 0.764. The molecule has 0 aromatic rings. The highest BCUT2D eigenvalue weighted by Gasteiger charge is 2.56. The molecule has 2 fully saturated rings. The van der Waals surface area contributed by atoms with Crippen LogP contribution in [0.1, 0.15) is 0 Å². The molecule has 0 aromatic heterocycles. The number of ether oxygens (including phenoxy) is 3. The van der Waals surface area contributed by atoms with Gasteiger partial charge in [0, 0.05) is 0 Å². The predicted octanol–water partition coefficient (Wildman–Crippen LogP) is 0.0667. The first-order valence-electron chi connectivity index (χ1n) is 3.49. The maximum absolute atomic E-state index is 5.44. The number of epoxide rings is 1. The van der Waals surface area contributed by atoms with E-state index in [4.69, 9.17) is 14.2 Å². The van der Waals surface area contributed by atoms with Gasteiger partial charge in [-0.2, -0.15) is 0 Å². The van der Waals surface area contributed by atoms with Crippen molar-refractivity contribution in [3.05, 3.63) is 12.2 Å². The first-order valence-corrected chi connectivity index (χ1v) is 3.49. The van der Waals surface area contributed by atoms with Crippen molar-refractivity contribution in [2.75, 3.05) is 13.2 Å². The quantitative estimate of drug-likeness (QED) is 0.352. The van der Waals surface area contributed by atoms with E-state index in [9.17, 15) is 0 Å². The highest BCUT2D eigenvalue weighted by molar-refractivity contribution is 5.19. The minimum absolute atomic E-state index is 0.123. The molecular formula is C7H8O3. The molecule has 3 aliphatic heterocycles. The van der Waals surface area contributed by atoms with E-state index in [-0.39, 0.29) is 18.0 Å². The molecule has 3 atom stereocenters. The molecule has 54 valence electrons. The normalized spacial score (nSPS) is 56.0. The molecule has 0 amide bonds. The fraction of sp³-hybridized carbons (Fsp3) is 0.714. The lowest BCUT2D eigenvalue weighted by Gasteiger charge is -2.18. The molecule has 10 heavy (non-hydrogen) atoms. The lowest BCUT2D eigenvalue weighted by Crippen LogP contribution is -2.32. The van der Waals surface area contributed by atoms with E-state index in [0.717, 1.165) is 6.61 Å². The minimum atomic E-state index is -0.187. The van der Waals surface area contributed by atoms with Crippen molar-refractivity contribution < 1.29 is 14.2 Å². The van der Waals surface area contributed by atoms with Gasteiger partial charge in [0.2, 0.25) is 0 Å². The van der Waals surface area contributed by atoms with Gasteiger partial charge in [-0.1, -0.05) is 6.08 Å². The van der Waals surface area contributed by atoms with Gasteiger partial charge in [-0.05, 0) is 6.08 Å². The van der Waals surface area contributed by atoms with Gasteiger partial charge in [0.25, 0.3) is 0 Å². The molecule has 0 aromatic carbocycles. The second-order valence-corrected chi connectivity index (χ2v) is 2.94. The van der Waals surface area contributed by atoms with E-state index >= 15 is 0 Å². The van der Waals surface area contributed by atoms with E-state index in [0.29, 0.717) is 6.61 Å². The smallest absolute Gasteiger partial charge is 0.193 e. The minimum Gasteiger partial charge on any atom is -0.360 e. The van der Waals surface area contributed by atoms with E-state index in [1.54, 1.807) is 0 Å². The van der Waals surface area contributed by atoms with Crippen LogP contribution in [0.5, 0.6) is 0 Å². The number of hydrogen-bond donors (Lipinski definition) is 0. The summed E-state index contributed by atoms with van der Waals surface area (Å²) >= 11 is 0. The van der Waals surface area contributed by atoms with Gasteiger partial charge < -0.3 is 14.2 Å². The molecule has 1 unspecified atom stereocenters.